The molecule has 2 aromatic heterocycles. The van der Waals surface area contributed by atoms with Gasteiger partial charge in [-0.15, -0.1) is 0 Å². The predicted molar refractivity (Wildman–Crippen MR) is 76.9 cm³/mol. The summed E-state index contributed by atoms with van der Waals surface area (Å²) in [5.41, 5.74) is 3.71. The van der Waals surface area contributed by atoms with Gasteiger partial charge in [-0.25, -0.2) is 0 Å². The third kappa shape index (κ3) is 1.81. The fourth-order valence-electron chi connectivity index (χ4n) is 2.87. The molecule has 0 bridgehead atoms. The van der Waals surface area contributed by atoms with Crippen LogP contribution in [0.25, 0.3) is 0 Å². The number of hydrogen-bond donors (Lipinski definition) is 0. The molecule has 0 saturated heterocycles. The van der Waals surface area contributed by atoms with Gasteiger partial charge in [0.2, 0.25) is 0 Å². The summed E-state index contributed by atoms with van der Waals surface area (Å²) in [5, 5.41) is 4.26. The van der Waals surface area contributed by atoms with Crippen LogP contribution in [0.4, 0.5) is 5.69 Å². The molecule has 1 aliphatic rings. The van der Waals surface area contributed by atoms with Crippen LogP contribution < -0.4 is 4.90 Å². The number of amides is 1. The molecule has 5 heteroatoms. The van der Waals surface area contributed by atoms with Crippen molar-refractivity contribution < 1.29 is 4.79 Å². The molecule has 0 N–H and O–H groups in total. The Morgan fingerprint density at radius 2 is 2.25 bits per heavy atom. The zero-order chi connectivity index (χ0) is 14.3. The lowest BCUT2D eigenvalue weighted by Crippen LogP contribution is -2.36. The topological polar surface area (TPSA) is 51.0 Å². The zero-order valence-electron chi connectivity index (χ0n) is 12.0. The van der Waals surface area contributed by atoms with Crippen LogP contribution in [0.5, 0.6) is 0 Å². The second-order valence-corrected chi connectivity index (χ2v) is 5.19. The molecule has 3 rings (SSSR count). The van der Waals surface area contributed by atoms with E-state index in [0.717, 1.165) is 29.9 Å². The van der Waals surface area contributed by atoms with Gasteiger partial charge in [0.15, 0.2) is 0 Å². The van der Waals surface area contributed by atoms with Gasteiger partial charge in [-0.2, -0.15) is 5.10 Å². The van der Waals surface area contributed by atoms with E-state index in [1.165, 1.54) is 0 Å². The molecule has 0 saturated carbocycles. The standard InChI is InChI=1S/C15H18N4O/c1-4-18-11(3)13(9-17-18)15(20)19-10(2)7-12-8-16-6-5-14(12)19/h5-6,8-10H,4,7H2,1-3H3. The number of nitrogens with zero attached hydrogens (tertiary/aromatic N) is 4. The second kappa shape index (κ2) is 4.74. The number of aryl methyl sites for hydroxylation is 1. The maximum atomic E-state index is 12.8. The normalized spacial score (nSPS) is 17.4. The minimum atomic E-state index is 0.0275. The SMILES string of the molecule is CCn1ncc(C(=O)N2c3ccncc3CC2C)c1C. The predicted octanol–water partition coefficient (Wildman–Crippen LogP) is 2.20. The van der Waals surface area contributed by atoms with E-state index in [4.69, 9.17) is 0 Å². The molecule has 2 aromatic rings. The monoisotopic (exact) mass is 270 g/mol. The van der Waals surface area contributed by atoms with E-state index >= 15 is 0 Å². The van der Waals surface area contributed by atoms with E-state index in [1.54, 1.807) is 12.4 Å². The van der Waals surface area contributed by atoms with Crippen molar-refractivity contribution in [2.24, 2.45) is 0 Å². The summed E-state index contributed by atoms with van der Waals surface area (Å²) in [7, 11) is 0. The lowest BCUT2D eigenvalue weighted by Gasteiger charge is -2.22. The lowest BCUT2D eigenvalue weighted by atomic mass is 10.2. The highest BCUT2D eigenvalue weighted by Crippen LogP contribution is 2.32. The van der Waals surface area contributed by atoms with Gasteiger partial charge >= 0.3 is 0 Å². The van der Waals surface area contributed by atoms with Gasteiger partial charge in [0, 0.05) is 30.7 Å². The number of anilines is 1. The summed E-state index contributed by atoms with van der Waals surface area (Å²) in [4.78, 5) is 18.8. The molecule has 104 valence electrons. The molecular weight excluding hydrogens is 252 g/mol. The molecule has 20 heavy (non-hydrogen) atoms. The van der Waals surface area contributed by atoms with Gasteiger partial charge in [0.25, 0.3) is 5.91 Å². The van der Waals surface area contributed by atoms with E-state index < -0.39 is 0 Å². The number of carbonyl (C=O) groups is 1. The summed E-state index contributed by atoms with van der Waals surface area (Å²) >= 11 is 0. The van der Waals surface area contributed by atoms with Crippen LogP contribution in [0.3, 0.4) is 0 Å². The first-order valence-electron chi connectivity index (χ1n) is 6.92. The van der Waals surface area contributed by atoms with Gasteiger partial charge in [-0.1, -0.05) is 0 Å². The molecule has 1 atom stereocenters. The van der Waals surface area contributed by atoms with Crippen molar-refractivity contribution in [1.82, 2.24) is 14.8 Å². The molecule has 1 aliphatic heterocycles. The Bertz CT molecular complexity index is 662. The molecule has 3 heterocycles. The molecule has 0 spiro atoms. The molecular formula is C15H18N4O. The smallest absolute Gasteiger partial charge is 0.262 e. The summed E-state index contributed by atoms with van der Waals surface area (Å²) in [5.74, 6) is 0.0275. The zero-order valence-corrected chi connectivity index (χ0v) is 12.0. The highest BCUT2D eigenvalue weighted by molar-refractivity contribution is 6.08. The van der Waals surface area contributed by atoms with Crippen LogP contribution in [-0.4, -0.2) is 26.7 Å². The van der Waals surface area contributed by atoms with Crippen molar-refractivity contribution in [3.8, 4) is 0 Å². The molecule has 0 aliphatic carbocycles. The first kappa shape index (κ1) is 12.8. The Labute approximate surface area is 118 Å². The molecule has 1 amide bonds. The second-order valence-electron chi connectivity index (χ2n) is 5.19. The fraction of sp³-hybridized carbons (Fsp3) is 0.400. The molecule has 0 fully saturated rings. The fourth-order valence-corrected chi connectivity index (χ4v) is 2.87. The van der Waals surface area contributed by atoms with Crippen molar-refractivity contribution in [2.75, 3.05) is 4.90 Å². The van der Waals surface area contributed by atoms with Crippen molar-refractivity contribution >= 4 is 11.6 Å². The van der Waals surface area contributed by atoms with Crippen LogP contribution in [0.2, 0.25) is 0 Å². The molecule has 5 nitrogen and oxygen atoms in total. The Hall–Kier alpha value is -2.17. The van der Waals surface area contributed by atoms with Gasteiger partial charge in [-0.05, 0) is 38.8 Å². The number of carbonyl (C=O) groups excluding carboxylic acids is 1. The number of rotatable bonds is 2. The molecule has 0 aromatic carbocycles. The highest BCUT2D eigenvalue weighted by atomic mass is 16.2. The van der Waals surface area contributed by atoms with Crippen molar-refractivity contribution in [1.29, 1.82) is 0 Å². The van der Waals surface area contributed by atoms with Crippen LogP contribution in [-0.2, 0) is 13.0 Å². The van der Waals surface area contributed by atoms with Crippen LogP contribution in [0, 0.1) is 6.92 Å². The Balaban J connectivity index is 2.00. The number of pyridine rings is 1. The minimum Gasteiger partial charge on any atom is -0.305 e. The Kier molecular flexibility index (Phi) is 3.04. The van der Waals surface area contributed by atoms with Gasteiger partial charge in [0.1, 0.15) is 0 Å². The maximum absolute atomic E-state index is 12.8. The summed E-state index contributed by atoms with van der Waals surface area (Å²) in [6.45, 7) is 6.80. The quantitative estimate of drug-likeness (QED) is 0.840. The summed E-state index contributed by atoms with van der Waals surface area (Å²) < 4.78 is 1.85. The number of fused-ring (bicyclic) bond motifs is 1. The highest BCUT2D eigenvalue weighted by Gasteiger charge is 2.32. The van der Waals surface area contributed by atoms with Gasteiger partial charge in [0.05, 0.1) is 17.4 Å². The first-order valence-corrected chi connectivity index (χ1v) is 6.92. The number of hydrogen-bond acceptors (Lipinski definition) is 3. The van der Waals surface area contributed by atoms with Crippen molar-refractivity contribution in [2.45, 2.75) is 39.8 Å². The van der Waals surface area contributed by atoms with Crippen molar-refractivity contribution in [3.63, 3.8) is 0 Å². The maximum Gasteiger partial charge on any atom is 0.262 e. The van der Waals surface area contributed by atoms with Crippen LogP contribution in [0.15, 0.2) is 24.7 Å². The van der Waals surface area contributed by atoms with Crippen LogP contribution in [0.1, 0.15) is 35.5 Å². The van der Waals surface area contributed by atoms with Crippen LogP contribution >= 0.6 is 0 Å². The van der Waals surface area contributed by atoms with E-state index in [9.17, 15) is 4.79 Å². The average Bonchev–Trinajstić information content (AvgIpc) is 2.97. The van der Waals surface area contributed by atoms with E-state index in [0.29, 0.717) is 5.56 Å². The van der Waals surface area contributed by atoms with E-state index in [1.807, 2.05) is 35.7 Å². The van der Waals surface area contributed by atoms with E-state index in [-0.39, 0.29) is 11.9 Å². The van der Waals surface area contributed by atoms with Gasteiger partial charge < -0.3 is 4.90 Å². The molecule has 0 radical (unpaired) electrons. The van der Waals surface area contributed by atoms with Gasteiger partial charge in [-0.3, -0.25) is 14.5 Å². The van der Waals surface area contributed by atoms with Crippen molar-refractivity contribution in [3.05, 3.63) is 41.5 Å². The number of aromatic nitrogens is 3. The largest absolute Gasteiger partial charge is 0.305 e. The first-order chi connectivity index (χ1) is 9.63. The Morgan fingerprint density at radius 3 is 2.95 bits per heavy atom. The third-order valence-corrected chi connectivity index (χ3v) is 3.95. The summed E-state index contributed by atoms with van der Waals surface area (Å²) in [6.07, 6.45) is 6.11. The third-order valence-electron chi connectivity index (χ3n) is 3.95. The summed E-state index contributed by atoms with van der Waals surface area (Å²) in [6, 6.07) is 2.07. The minimum absolute atomic E-state index is 0.0275. The van der Waals surface area contributed by atoms with E-state index in [2.05, 4.69) is 17.0 Å². The molecule has 1 unspecified atom stereocenters. The average molecular weight is 270 g/mol. The lowest BCUT2D eigenvalue weighted by molar-refractivity contribution is 0.0981. The Morgan fingerprint density at radius 1 is 1.45 bits per heavy atom.